The molecule has 1 saturated heterocycles. The quantitative estimate of drug-likeness (QED) is 0.633. The first-order chi connectivity index (χ1) is 14.0. The van der Waals surface area contributed by atoms with Gasteiger partial charge in [0.2, 0.25) is 5.95 Å². The number of carbonyl (C=O) groups excluding carboxylic acids is 1. The van der Waals surface area contributed by atoms with E-state index in [2.05, 4.69) is 15.0 Å². The number of fused-ring (bicyclic) bond motifs is 2. The molecule has 2 fully saturated rings. The van der Waals surface area contributed by atoms with Gasteiger partial charge in [0.1, 0.15) is 5.82 Å². The molecule has 3 aromatic rings. The highest BCUT2D eigenvalue weighted by Crippen LogP contribution is 2.49. The summed E-state index contributed by atoms with van der Waals surface area (Å²) in [5.41, 5.74) is 6.93. The van der Waals surface area contributed by atoms with E-state index in [-0.39, 0.29) is 17.4 Å². The van der Waals surface area contributed by atoms with E-state index < -0.39 is 5.91 Å². The molecule has 0 radical (unpaired) electrons. The van der Waals surface area contributed by atoms with E-state index in [4.69, 9.17) is 5.73 Å². The predicted octanol–water partition coefficient (Wildman–Crippen LogP) is 1.59. The third-order valence-electron chi connectivity index (χ3n) is 5.73. The fourth-order valence-electron chi connectivity index (χ4n) is 4.21. The van der Waals surface area contributed by atoms with E-state index in [1.54, 1.807) is 6.07 Å². The highest BCUT2D eigenvalue weighted by Gasteiger charge is 2.59. The van der Waals surface area contributed by atoms with Crippen LogP contribution in [-0.2, 0) is 6.54 Å². The molecule has 2 aliphatic rings. The molecule has 3 N–H and O–H groups in total. The topological polar surface area (TPSA) is 108 Å². The summed E-state index contributed by atoms with van der Waals surface area (Å²) in [6, 6.07) is 8.17. The normalized spacial score (nSPS) is 22.9. The molecule has 3 heterocycles. The number of hydrogen-bond acceptors (Lipinski definition) is 7. The number of primary amides is 1. The van der Waals surface area contributed by atoms with Gasteiger partial charge >= 0.3 is 0 Å². The van der Waals surface area contributed by atoms with Crippen LogP contribution in [0.25, 0.3) is 10.9 Å². The number of benzene rings is 1. The molecule has 29 heavy (non-hydrogen) atoms. The number of rotatable bonds is 5. The third-order valence-corrected chi connectivity index (χ3v) is 5.73. The van der Waals surface area contributed by atoms with E-state index in [9.17, 15) is 14.4 Å². The second kappa shape index (κ2) is 6.71. The first-order valence-corrected chi connectivity index (χ1v) is 9.37. The lowest BCUT2D eigenvalue weighted by Gasteiger charge is -2.23. The zero-order valence-corrected chi connectivity index (χ0v) is 15.4. The summed E-state index contributed by atoms with van der Waals surface area (Å²) < 4.78 is 13.3. The Balaban J connectivity index is 1.21. The van der Waals surface area contributed by atoms with Crippen LogP contribution in [-0.4, -0.2) is 50.3 Å². The van der Waals surface area contributed by atoms with Crippen LogP contribution < -0.4 is 10.6 Å². The number of anilines is 1. The van der Waals surface area contributed by atoms with Gasteiger partial charge in [-0.2, -0.15) is 5.06 Å². The molecule has 1 aliphatic heterocycles. The molecule has 9 heteroatoms. The largest absolute Gasteiger partial charge is 0.366 e. The van der Waals surface area contributed by atoms with Gasteiger partial charge < -0.3 is 15.8 Å². The Kier molecular flexibility index (Phi) is 4.14. The maximum atomic E-state index is 13.3. The zero-order valence-electron chi connectivity index (χ0n) is 15.4. The van der Waals surface area contributed by atoms with Crippen molar-refractivity contribution in [2.24, 2.45) is 17.6 Å². The van der Waals surface area contributed by atoms with E-state index in [0.29, 0.717) is 29.8 Å². The van der Waals surface area contributed by atoms with Gasteiger partial charge in [-0.25, -0.2) is 14.4 Å². The monoisotopic (exact) mass is 394 g/mol. The van der Waals surface area contributed by atoms with Gasteiger partial charge in [0, 0.05) is 48.7 Å². The average molecular weight is 394 g/mol. The van der Waals surface area contributed by atoms with Crippen LogP contribution in [0, 0.1) is 17.7 Å². The van der Waals surface area contributed by atoms with Crippen molar-refractivity contribution in [1.29, 1.82) is 0 Å². The van der Waals surface area contributed by atoms with Crippen LogP contribution in [0.4, 0.5) is 10.3 Å². The summed E-state index contributed by atoms with van der Waals surface area (Å²) in [4.78, 5) is 26.1. The number of carbonyl (C=O) groups is 1. The standard InChI is InChI=1S/C20H19FN6O2/c21-13-2-4-17-11(5-13)1-3-14(25-17)8-27(29)18-15-9-26(10-16(15)18)20-23-6-12(7-24-20)19(22)28/h1-7,15-16,18,29H,8-10H2,(H2,22,28). The van der Waals surface area contributed by atoms with Gasteiger partial charge in [0.25, 0.3) is 5.91 Å². The lowest BCUT2D eigenvalue weighted by Crippen LogP contribution is -2.33. The zero-order chi connectivity index (χ0) is 20.1. The number of nitrogens with zero attached hydrogens (tertiary/aromatic N) is 5. The second-order valence-electron chi connectivity index (χ2n) is 7.60. The molecule has 1 saturated carbocycles. The van der Waals surface area contributed by atoms with E-state index >= 15 is 0 Å². The van der Waals surface area contributed by atoms with Gasteiger partial charge in [-0.3, -0.25) is 9.78 Å². The van der Waals surface area contributed by atoms with E-state index in [1.165, 1.54) is 29.6 Å². The Morgan fingerprint density at radius 1 is 1.21 bits per heavy atom. The maximum absolute atomic E-state index is 13.3. The highest BCUT2D eigenvalue weighted by molar-refractivity contribution is 5.92. The summed E-state index contributed by atoms with van der Waals surface area (Å²) in [7, 11) is 0. The molecule has 0 spiro atoms. The molecule has 1 aliphatic carbocycles. The van der Waals surface area contributed by atoms with Gasteiger partial charge in [-0.1, -0.05) is 6.07 Å². The fourth-order valence-corrected chi connectivity index (χ4v) is 4.21. The third kappa shape index (κ3) is 3.28. The Labute approximate surface area is 165 Å². The van der Waals surface area contributed by atoms with Gasteiger partial charge in [-0.15, -0.1) is 0 Å². The minimum Gasteiger partial charge on any atom is -0.366 e. The molecule has 8 nitrogen and oxygen atoms in total. The number of piperidine rings is 1. The molecule has 1 amide bonds. The lowest BCUT2D eigenvalue weighted by molar-refractivity contribution is -0.116. The summed E-state index contributed by atoms with van der Waals surface area (Å²) in [6.45, 7) is 1.80. The lowest BCUT2D eigenvalue weighted by atomic mass is 10.2. The van der Waals surface area contributed by atoms with E-state index in [1.807, 2.05) is 17.0 Å². The minimum absolute atomic E-state index is 0.0712. The van der Waals surface area contributed by atoms with Crippen LogP contribution in [0.2, 0.25) is 0 Å². The van der Waals surface area contributed by atoms with Gasteiger partial charge in [0.15, 0.2) is 0 Å². The number of hydrogen-bond donors (Lipinski definition) is 2. The molecule has 2 atom stereocenters. The Morgan fingerprint density at radius 2 is 1.93 bits per heavy atom. The minimum atomic E-state index is -0.552. The Hall–Kier alpha value is -3.17. The predicted molar refractivity (Wildman–Crippen MR) is 103 cm³/mol. The molecule has 2 unspecified atom stereocenters. The van der Waals surface area contributed by atoms with Crippen molar-refractivity contribution in [2.45, 2.75) is 12.6 Å². The van der Waals surface area contributed by atoms with Crippen molar-refractivity contribution in [3.8, 4) is 0 Å². The first-order valence-electron chi connectivity index (χ1n) is 9.37. The number of nitrogens with two attached hydrogens (primary N) is 1. The molecule has 5 rings (SSSR count). The van der Waals surface area contributed by atoms with Crippen molar-refractivity contribution in [3.05, 3.63) is 59.8 Å². The SMILES string of the molecule is NC(=O)c1cnc(N2CC3C(C2)C3N(O)Cc2ccc3cc(F)ccc3n2)nc1. The van der Waals surface area contributed by atoms with Crippen molar-refractivity contribution >= 4 is 22.8 Å². The van der Waals surface area contributed by atoms with Crippen molar-refractivity contribution in [3.63, 3.8) is 0 Å². The van der Waals surface area contributed by atoms with E-state index in [0.717, 1.165) is 24.2 Å². The Morgan fingerprint density at radius 3 is 2.62 bits per heavy atom. The van der Waals surface area contributed by atoms with Crippen molar-refractivity contribution in [1.82, 2.24) is 20.0 Å². The number of halogens is 1. The summed E-state index contributed by atoms with van der Waals surface area (Å²) in [5, 5.41) is 12.6. The van der Waals surface area contributed by atoms with Crippen molar-refractivity contribution < 1.29 is 14.4 Å². The van der Waals surface area contributed by atoms with Crippen LogP contribution >= 0.6 is 0 Å². The summed E-state index contributed by atoms with van der Waals surface area (Å²) in [5.74, 6) is 0.375. The summed E-state index contributed by atoms with van der Waals surface area (Å²) in [6.07, 6.45) is 2.86. The first kappa shape index (κ1) is 17.9. The Bertz CT molecular complexity index is 1080. The molecule has 1 aromatic carbocycles. The fraction of sp³-hybridized carbons (Fsp3) is 0.300. The molecular weight excluding hydrogens is 375 g/mol. The smallest absolute Gasteiger partial charge is 0.251 e. The summed E-state index contributed by atoms with van der Waals surface area (Å²) >= 11 is 0. The molecule has 148 valence electrons. The number of amides is 1. The molecule has 0 bridgehead atoms. The average Bonchev–Trinajstić information content (AvgIpc) is 3.22. The van der Waals surface area contributed by atoms with Gasteiger partial charge in [-0.05, 0) is 24.3 Å². The van der Waals surface area contributed by atoms with Crippen LogP contribution in [0.3, 0.4) is 0 Å². The number of aromatic nitrogens is 3. The second-order valence-corrected chi connectivity index (χ2v) is 7.60. The number of hydroxylamine groups is 2. The maximum Gasteiger partial charge on any atom is 0.251 e. The van der Waals surface area contributed by atoms with Crippen LogP contribution in [0.15, 0.2) is 42.7 Å². The molecule has 2 aromatic heterocycles. The number of pyridine rings is 1. The van der Waals surface area contributed by atoms with Crippen LogP contribution in [0.5, 0.6) is 0 Å². The van der Waals surface area contributed by atoms with Crippen LogP contribution in [0.1, 0.15) is 16.1 Å². The van der Waals surface area contributed by atoms with Crippen molar-refractivity contribution in [2.75, 3.05) is 18.0 Å². The highest BCUT2D eigenvalue weighted by atomic mass is 19.1. The van der Waals surface area contributed by atoms with Gasteiger partial charge in [0.05, 0.1) is 23.3 Å². The molecular formula is C20H19FN6O2.